The van der Waals surface area contributed by atoms with Crippen molar-refractivity contribution in [2.75, 3.05) is 31.1 Å². The molecule has 2 aromatic heterocycles. The van der Waals surface area contributed by atoms with E-state index < -0.39 is 0 Å². The number of rotatable bonds is 3. The summed E-state index contributed by atoms with van der Waals surface area (Å²) in [6, 6.07) is 6.28. The van der Waals surface area contributed by atoms with Crippen LogP contribution in [0.25, 0.3) is 5.57 Å². The molecule has 6 rings (SSSR count). The predicted molar refractivity (Wildman–Crippen MR) is 127 cm³/mol. The summed E-state index contributed by atoms with van der Waals surface area (Å²) in [4.78, 5) is 31.0. The number of aromatic nitrogens is 2. The molecule has 4 atom stereocenters. The standard InChI is InChI=1S/C25H27N5OS/c1-16-10-17(2)27-25(26-16)30-13-18-11-29(12-19(18)14-30)24(31)23-20(22-7-5-9-32-22)15-28-8-4-3-6-21(23)28/h3-10,15,18-19,21,23H,11-14H2,1-2H3/t18-,19+,21?,23?. The molecule has 1 amide bonds. The highest BCUT2D eigenvalue weighted by Crippen LogP contribution is 2.42. The molecule has 0 radical (unpaired) electrons. The topological polar surface area (TPSA) is 52.6 Å². The van der Waals surface area contributed by atoms with Gasteiger partial charge in [0.05, 0.1) is 12.0 Å². The lowest BCUT2D eigenvalue weighted by atomic mass is 9.91. The summed E-state index contributed by atoms with van der Waals surface area (Å²) in [6.07, 6.45) is 10.5. The normalized spacial score (nSPS) is 28.3. The van der Waals surface area contributed by atoms with E-state index in [1.54, 1.807) is 11.3 Å². The first-order valence-electron chi connectivity index (χ1n) is 11.3. The largest absolute Gasteiger partial charge is 0.346 e. The number of hydrogen-bond donors (Lipinski definition) is 0. The van der Waals surface area contributed by atoms with Crippen molar-refractivity contribution in [3.63, 3.8) is 0 Å². The van der Waals surface area contributed by atoms with Gasteiger partial charge in [-0.25, -0.2) is 9.97 Å². The Labute approximate surface area is 192 Å². The molecule has 2 saturated heterocycles. The van der Waals surface area contributed by atoms with Gasteiger partial charge >= 0.3 is 0 Å². The minimum absolute atomic E-state index is 0.0743. The molecule has 0 spiro atoms. The minimum atomic E-state index is -0.146. The number of nitrogens with zero attached hydrogens (tertiary/aromatic N) is 5. The molecule has 0 aromatic carbocycles. The van der Waals surface area contributed by atoms with Crippen molar-refractivity contribution < 1.29 is 4.79 Å². The summed E-state index contributed by atoms with van der Waals surface area (Å²) in [6.45, 7) is 7.54. The highest BCUT2D eigenvalue weighted by atomic mass is 32.1. The van der Waals surface area contributed by atoms with E-state index >= 15 is 0 Å². The molecule has 0 bridgehead atoms. The van der Waals surface area contributed by atoms with Crippen molar-refractivity contribution in [2.45, 2.75) is 19.9 Å². The van der Waals surface area contributed by atoms with Crippen LogP contribution in [-0.4, -0.2) is 57.9 Å². The third-order valence-electron chi connectivity index (χ3n) is 7.11. The van der Waals surface area contributed by atoms with Crippen LogP contribution in [0, 0.1) is 31.6 Å². The fraction of sp³-hybridized carbons (Fsp3) is 0.400. The monoisotopic (exact) mass is 445 g/mol. The van der Waals surface area contributed by atoms with E-state index in [0.29, 0.717) is 11.8 Å². The van der Waals surface area contributed by atoms with Crippen molar-refractivity contribution >= 4 is 28.8 Å². The lowest BCUT2D eigenvalue weighted by molar-refractivity contribution is -0.133. The van der Waals surface area contributed by atoms with Crippen LogP contribution in [0.4, 0.5) is 5.95 Å². The zero-order chi connectivity index (χ0) is 21.8. The molecule has 0 N–H and O–H groups in total. The van der Waals surface area contributed by atoms with Crippen molar-refractivity contribution in [2.24, 2.45) is 17.8 Å². The Hall–Kier alpha value is -2.93. The number of amides is 1. The average molecular weight is 446 g/mol. The lowest BCUT2D eigenvalue weighted by Crippen LogP contribution is -2.42. The number of allylic oxidation sites excluding steroid dienone is 2. The number of fused-ring (bicyclic) bond motifs is 2. The molecule has 2 unspecified atom stereocenters. The van der Waals surface area contributed by atoms with E-state index in [1.165, 1.54) is 4.88 Å². The Morgan fingerprint density at radius 3 is 2.50 bits per heavy atom. The van der Waals surface area contributed by atoms with Gasteiger partial charge in [-0.15, -0.1) is 11.3 Å². The van der Waals surface area contributed by atoms with Gasteiger partial charge in [0.25, 0.3) is 0 Å². The number of carbonyl (C=O) groups is 1. The maximum Gasteiger partial charge on any atom is 0.232 e. The van der Waals surface area contributed by atoms with Gasteiger partial charge < -0.3 is 14.7 Å². The summed E-state index contributed by atoms with van der Waals surface area (Å²) in [5, 5.41) is 2.09. The van der Waals surface area contributed by atoms with Crippen LogP contribution in [0.1, 0.15) is 16.3 Å². The third-order valence-corrected chi connectivity index (χ3v) is 8.03. The first-order valence-corrected chi connectivity index (χ1v) is 12.2. The van der Waals surface area contributed by atoms with Crippen LogP contribution in [0.2, 0.25) is 0 Å². The fourth-order valence-corrected chi connectivity index (χ4v) is 6.46. The molecule has 2 fully saturated rings. The van der Waals surface area contributed by atoms with Crippen LogP contribution in [0.15, 0.2) is 54.2 Å². The molecule has 4 aliphatic rings. The molecule has 32 heavy (non-hydrogen) atoms. The van der Waals surface area contributed by atoms with Gasteiger partial charge in [-0.05, 0) is 37.4 Å². The summed E-state index contributed by atoms with van der Waals surface area (Å²) in [5.41, 5.74) is 3.16. The molecule has 0 saturated carbocycles. The minimum Gasteiger partial charge on any atom is -0.346 e. The molecular formula is C25H27N5OS. The van der Waals surface area contributed by atoms with E-state index in [4.69, 9.17) is 0 Å². The Bertz CT molecular complexity index is 1100. The molecule has 6 nitrogen and oxygen atoms in total. The molecular weight excluding hydrogens is 418 g/mol. The maximum atomic E-state index is 13.8. The SMILES string of the molecule is Cc1cc(C)nc(N2C[C@H]3CN(C(=O)C4C(c5cccs5)=CN5C=CC=CC45)C[C@H]3C2)n1. The summed E-state index contributed by atoms with van der Waals surface area (Å²) >= 11 is 1.71. The van der Waals surface area contributed by atoms with Crippen LogP contribution in [0.3, 0.4) is 0 Å². The predicted octanol–water partition coefficient (Wildman–Crippen LogP) is 3.47. The summed E-state index contributed by atoms with van der Waals surface area (Å²) in [7, 11) is 0. The lowest BCUT2D eigenvalue weighted by Gasteiger charge is -2.30. The fourth-order valence-electron chi connectivity index (χ4n) is 5.68. The van der Waals surface area contributed by atoms with Gasteiger partial charge in [0.1, 0.15) is 0 Å². The second kappa shape index (κ2) is 7.59. The highest BCUT2D eigenvalue weighted by molar-refractivity contribution is 7.11. The van der Waals surface area contributed by atoms with Crippen LogP contribution in [-0.2, 0) is 4.79 Å². The van der Waals surface area contributed by atoms with Crippen molar-refractivity contribution in [3.8, 4) is 0 Å². The first kappa shape index (κ1) is 19.7. The van der Waals surface area contributed by atoms with E-state index in [0.717, 1.165) is 49.1 Å². The molecule has 0 aliphatic carbocycles. The smallest absolute Gasteiger partial charge is 0.232 e. The van der Waals surface area contributed by atoms with Crippen LogP contribution < -0.4 is 4.90 Å². The van der Waals surface area contributed by atoms with E-state index in [-0.39, 0.29) is 17.9 Å². The van der Waals surface area contributed by atoms with Crippen LogP contribution in [0.5, 0.6) is 0 Å². The van der Waals surface area contributed by atoms with Gasteiger partial charge in [-0.2, -0.15) is 0 Å². The Morgan fingerprint density at radius 2 is 1.81 bits per heavy atom. The zero-order valence-electron chi connectivity index (χ0n) is 18.4. The maximum absolute atomic E-state index is 13.8. The molecule has 2 aromatic rings. The van der Waals surface area contributed by atoms with Gasteiger partial charge in [-0.1, -0.05) is 18.2 Å². The Morgan fingerprint density at radius 1 is 1.06 bits per heavy atom. The second-order valence-electron chi connectivity index (χ2n) is 9.32. The zero-order valence-corrected chi connectivity index (χ0v) is 19.2. The van der Waals surface area contributed by atoms with Gasteiger partial charge in [0.2, 0.25) is 11.9 Å². The van der Waals surface area contributed by atoms with E-state index in [1.807, 2.05) is 26.0 Å². The van der Waals surface area contributed by atoms with Crippen LogP contribution >= 0.6 is 11.3 Å². The number of carbonyl (C=O) groups excluding carboxylic acids is 1. The van der Waals surface area contributed by atoms with E-state index in [9.17, 15) is 4.79 Å². The van der Waals surface area contributed by atoms with Gasteiger partial charge in [0.15, 0.2) is 0 Å². The number of aryl methyl sites for hydroxylation is 2. The molecule has 164 valence electrons. The quantitative estimate of drug-likeness (QED) is 0.724. The molecule has 6 heterocycles. The number of likely N-dealkylation sites (tertiary alicyclic amines) is 1. The number of anilines is 1. The Kier molecular flexibility index (Phi) is 4.68. The first-order chi connectivity index (χ1) is 15.6. The third kappa shape index (κ3) is 3.26. The Balaban J connectivity index is 1.20. The average Bonchev–Trinajstić information content (AvgIpc) is 3.54. The van der Waals surface area contributed by atoms with E-state index in [2.05, 4.69) is 66.7 Å². The number of hydrogen-bond acceptors (Lipinski definition) is 6. The van der Waals surface area contributed by atoms with Crippen molar-refractivity contribution in [1.82, 2.24) is 19.8 Å². The summed E-state index contributed by atoms with van der Waals surface area (Å²) < 4.78 is 0. The van der Waals surface area contributed by atoms with Gasteiger partial charge in [0, 0.05) is 72.3 Å². The van der Waals surface area contributed by atoms with Gasteiger partial charge in [-0.3, -0.25) is 4.79 Å². The summed E-state index contributed by atoms with van der Waals surface area (Å²) in [5.74, 6) is 1.92. The van der Waals surface area contributed by atoms with Crippen molar-refractivity contribution in [3.05, 3.63) is 70.5 Å². The number of thiophene rings is 1. The molecule has 4 aliphatic heterocycles. The highest BCUT2D eigenvalue weighted by Gasteiger charge is 2.47. The molecule has 7 heteroatoms. The van der Waals surface area contributed by atoms with Crippen molar-refractivity contribution in [1.29, 1.82) is 0 Å². The second-order valence-corrected chi connectivity index (χ2v) is 10.3.